The van der Waals surface area contributed by atoms with E-state index in [2.05, 4.69) is 31.0 Å². The first-order valence-electron chi connectivity index (χ1n) is 11.3. The standard InChI is InChI=1S/C26H30F3NO2S/c1-5-17-9-15(3)10-18(6-2)24(17)25-21(31)11-19(12-22(25)32)16(4)14-33-20-7-8-23(30-13-20)26(27,28)29/h7-10,13,16,19,31H,5-6,11-12,14H2,1-4H3. The number of halogens is 3. The molecule has 0 saturated heterocycles. The first-order chi connectivity index (χ1) is 15.5. The SMILES string of the molecule is CCc1cc(C)cc(CC)c1C1=C(O)CC(C(C)CSc2ccc(C(F)(F)F)nc2)CC1=O. The molecule has 0 amide bonds. The number of aliphatic hydroxyl groups excluding tert-OH is 1. The molecular formula is C26H30F3NO2S. The number of aliphatic hydroxyl groups is 1. The highest BCUT2D eigenvalue weighted by atomic mass is 32.2. The van der Waals surface area contributed by atoms with Crippen molar-refractivity contribution in [2.24, 2.45) is 11.8 Å². The monoisotopic (exact) mass is 477 g/mol. The molecule has 0 saturated carbocycles. The van der Waals surface area contributed by atoms with Crippen LogP contribution in [0.25, 0.3) is 5.57 Å². The number of hydrogen-bond donors (Lipinski definition) is 1. The Balaban J connectivity index is 1.75. The number of pyridine rings is 1. The lowest BCUT2D eigenvalue weighted by Gasteiger charge is -2.29. The number of aryl methyl sites for hydroxylation is 3. The van der Waals surface area contributed by atoms with E-state index in [-0.39, 0.29) is 23.4 Å². The number of thioether (sulfide) groups is 1. The van der Waals surface area contributed by atoms with E-state index in [1.165, 1.54) is 24.0 Å². The molecule has 1 aromatic carbocycles. The van der Waals surface area contributed by atoms with E-state index in [0.29, 0.717) is 29.1 Å². The van der Waals surface area contributed by atoms with Gasteiger partial charge in [0.1, 0.15) is 11.5 Å². The van der Waals surface area contributed by atoms with Gasteiger partial charge >= 0.3 is 6.18 Å². The van der Waals surface area contributed by atoms with Crippen LogP contribution in [0.15, 0.2) is 41.1 Å². The lowest BCUT2D eigenvalue weighted by Crippen LogP contribution is -2.25. The molecule has 1 heterocycles. The summed E-state index contributed by atoms with van der Waals surface area (Å²) < 4.78 is 38.1. The van der Waals surface area contributed by atoms with Gasteiger partial charge in [0, 0.05) is 29.7 Å². The van der Waals surface area contributed by atoms with Gasteiger partial charge < -0.3 is 5.11 Å². The molecule has 2 atom stereocenters. The predicted molar refractivity (Wildman–Crippen MR) is 126 cm³/mol. The minimum absolute atomic E-state index is 0.0169. The first-order valence-corrected chi connectivity index (χ1v) is 12.3. The van der Waals surface area contributed by atoms with Crippen LogP contribution in [0.4, 0.5) is 13.2 Å². The van der Waals surface area contributed by atoms with Crippen molar-refractivity contribution in [3.8, 4) is 0 Å². The summed E-state index contributed by atoms with van der Waals surface area (Å²) in [5, 5.41) is 10.9. The van der Waals surface area contributed by atoms with Crippen LogP contribution < -0.4 is 0 Å². The van der Waals surface area contributed by atoms with Crippen LogP contribution in [0.5, 0.6) is 0 Å². The number of nitrogens with zero attached hydrogens (tertiary/aromatic N) is 1. The Kier molecular flexibility index (Phi) is 7.93. The summed E-state index contributed by atoms with van der Waals surface area (Å²) in [5.74, 6) is 0.817. The summed E-state index contributed by atoms with van der Waals surface area (Å²) in [6.07, 6.45) is -0.872. The van der Waals surface area contributed by atoms with E-state index in [4.69, 9.17) is 0 Å². The molecule has 7 heteroatoms. The Hall–Kier alpha value is -2.28. The van der Waals surface area contributed by atoms with E-state index in [1.807, 2.05) is 13.8 Å². The fraction of sp³-hybridized carbons (Fsp3) is 0.462. The minimum Gasteiger partial charge on any atom is -0.512 e. The maximum Gasteiger partial charge on any atom is 0.433 e. The summed E-state index contributed by atoms with van der Waals surface area (Å²) in [7, 11) is 0. The Labute approximate surface area is 197 Å². The third kappa shape index (κ3) is 5.81. The van der Waals surface area contributed by atoms with E-state index in [1.54, 1.807) is 0 Å². The maximum absolute atomic E-state index is 13.2. The van der Waals surface area contributed by atoms with Crippen LogP contribution >= 0.6 is 11.8 Å². The van der Waals surface area contributed by atoms with Gasteiger partial charge in [0.25, 0.3) is 0 Å². The summed E-state index contributed by atoms with van der Waals surface area (Å²) >= 11 is 1.42. The highest BCUT2D eigenvalue weighted by molar-refractivity contribution is 7.99. The normalized spacial score (nSPS) is 18.0. The highest BCUT2D eigenvalue weighted by Gasteiger charge is 2.34. The minimum atomic E-state index is -4.45. The van der Waals surface area contributed by atoms with E-state index in [9.17, 15) is 23.1 Å². The van der Waals surface area contributed by atoms with Crippen molar-refractivity contribution in [2.45, 2.75) is 64.5 Å². The second-order valence-corrected chi connectivity index (χ2v) is 9.84. The molecule has 3 nitrogen and oxygen atoms in total. The average Bonchev–Trinajstić information content (AvgIpc) is 2.76. The van der Waals surface area contributed by atoms with Crippen molar-refractivity contribution in [2.75, 3.05) is 5.75 Å². The zero-order valence-corrected chi connectivity index (χ0v) is 20.2. The molecule has 0 radical (unpaired) electrons. The zero-order valence-electron chi connectivity index (χ0n) is 19.4. The lowest BCUT2D eigenvalue weighted by atomic mass is 9.76. The number of alkyl halides is 3. The van der Waals surface area contributed by atoms with Crippen molar-refractivity contribution in [3.63, 3.8) is 0 Å². The van der Waals surface area contributed by atoms with E-state index in [0.717, 1.165) is 41.2 Å². The van der Waals surface area contributed by atoms with Crippen LogP contribution in [0.3, 0.4) is 0 Å². The van der Waals surface area contributed by atoms with Crippen molar-refractivity contribution in [1.29, 1.82) is 0 Å². The maximum atomic E-state index is 13.2. The van der Waals surface area contributed by atoms with Gasteiger partial charge in [-0.15, -0.1) is 11.8 Å². The summed E-state index contributed by atoms with van der Waals surface area (Å²) in [6.45, 7) is 8.17. The molecule has 0 spiro atoms. The van der Waals surface area contributed by atoms with Gasteiger partial charge in [0.2, 0.25) is 0 Å². The third-order valence-corrected chi connectivity index (χ3v) is 7.54. The Bertz CT molecular complexity index is 1020. The number of aromatic nitrogens is 1. The van der Waals surface area contributed by atoms with Gasteiger partial charge in [-0.3, -0.25) is 9.78 Å². The number of carbonyl (C=O) groups is 1. The number of Topliss-reactive ketones (excluding diaryl/α,β-unsaturated/α-hetero) is 1. The predicted octanol–water partition coefficient (Wildman–Crippen LogP) is 7.21. The molecule has 2 unspecified atom stereocenters. The molecule has 1 aromatic heterocycles. The molecule has 2 aromatic rings. The summed E-state index contributed by atoms with van der Waals surface area (Å²) in [6, 6.07) is 6.58. The third-order valence-electron chi connectivity index (χ3n) is 6.27. The van der Waals surface area contributed by atoms with Gasteiger partial charge in [-0.05, 0) is 60.4 Å². The molecule has 0 aliphatic heterocycles. The number of carbonyl (C=O) groups excluding carboxylic acids is 1. The summed E-state index contributed by atoms with van der Waals surface area (Å²) in [4.78, 5) is 17.4. The van der Waals surface area contributed by atoms with Crippen molar-refractivity contribution < 1.29 is 23.1 Å². The molecule has 3 rings (SSSR count). The van der Waals surface area contributed by atoms with Crippen LogP contribution in [-0.4, -0.2) is 21.6 Å². The fourth-order valence-corrected chi connectivity index (χ4v) is 5.45. The topological polar surface area (TPSA) is 50.2 Å². The van der Waals surface area contributed by atoms with Gasteiger partial charge in [-0.25, -0.2) is 0 Å². The van der Waals surface area contributed by atoms with Gasteiger partial charge in [0.05, 0.1) is 5.57 Å². The lowest BCUT2D eigenvalue weighted by molar-refractivity contribution is -0.141. The Morgan fingerprint density at radius 1 is 1.15 bits per heavy atom. The molecule has 1 aliphatic carbocycles. The van der Waals surface area contributed by atoms with Crippen LogP contribution in [-0.2, 0) is 23.8 Å². The molecular weight excluding hydrogens is 447 g/mol. The number of hydrogen-bond acceptors (Lipinski definition) is 4. The van der Waals surface area contributed by atoms with Crippen molar-refractivity contribution in [1.82, 2.24) is 4.98 Å². The fourth-order valence-electron chi connectivity index (χ4n) is 4.43. The number of allylic oxidation sites excluding steroid dienone is 2. The Morgan fingerprint density at radius 2 is 1.79 bits per heavy atom. The Morgan fingerprint density at radius 3 is 2.27 bits per heavy atom. The van der Waals surface area contributed by atoms with Gasteiger partial charge in [-0.2, -0.15) is 13.2 Å². The molecule has 33 heavy (non-hydrogen) atoms. The molecule has 1 N–H and O–H groups in total. The van der Waals surface area contributed by atoms with E-state index < -0.39 is 11.9 Å². The molecule has 0 fully saturated rings. The zero-order chi connectivity index (χ0) is 24.3. The van der Waals surface area contributed by atoms with E-state index >= 15 is 0 Å². The second-order valence-electron chi connectivity index (χ2n) is 8.74. The largest absolute Gasteiger partial charge is 0.512 e. The highest BCUT2D eigenvalue weighted by Crippen LogP contribution is 2.40. The van der Waals surface area contributed by atoms with Crippen LogP contribution in [0.2, 0.25) is 0 Å². The quantitative estimate of drug-likeness (QED) is 0.428. The smallest absolute Gasteiger partial charge is 0.433 e. The van der Waals surface area contributed by atoms with Crippen LogP contribution in [0, 0.1) is 18.8 Å². The number of benzene rings is 1. The molecule has 1 aliphatic rings. The van der Waals surface area contributed by atoms with Gasteiger partial charge in [0.15, 0.2) is 5.78 Å². The number of ketones is 1. The first kappa shape index (κ1) is 25.3. The molecule has 0 bridgehead atoms. The average molecular weight is 478 g/mol. The van der Waals surface area contributed by atoms with Crippen molar-refractivity contribution >= 4 is 23.1 Å². The molecule has 178 valence electrons. The number of rotatable bonds is 7. The second kappa shape index (κ2) is 10.3. The van der Waals surface area contributed by atoms with Crippen molar-refractivity contribution in [3.05, 3.63) is 64.2 Å². The van der Waals surface area contributed by atoms with Gasteiger partial charge in [-0.1, -0.05) is 38.5 Å². The van der Waals surface area contributed by atoms with Crippen LogP contribution in [0.1, 0.15) is 61.6 Å². The summed E-state index contributed by atoms with van der Waals surface area (Å²) in [5.41, 5.74) is 3.76.